The van der Waals surface area contributed by atoms with Crippen LogP contribution < -0.4 is 0 Å². The molecule has 0 aliphatic heterocycles. The highest BCUT2D eigenvalue weighted by Gasteiger charge is 2.19. The molecule has 0 spiro atoms. The van der Waals surface area contributed by atoms with Gasteiger partial charge in [0, 0.05) is 19.3 Å². The summed E-state index contributed by atoms with van der Waals surface area (Å²) < 4.78 is 16.9. The lowest BCUT2D eigenvalue weighted by molar-refractivity contribution is -0.167. The monoisotopic (exact) mass is 969 g/mol. The molecule has 69 heavy (non-hydrogen) atoms. The van der Waals surface area contributed by atoms with Crippen LogP contribution in [0.1, 0.15) is 329 Å². The summed E-state index contributed by atoms with van der Waals surface area (Å²) in [6.45, 7) is 6.63. The second kappa shape index (κ2) is 58.2. The Balaban J connectivity index is 4.29. The quantitative estimate of drug-likeness (QED) is 0.0261. The highest BCUT2D eigenvalue weighted by molar-refractivity contribution is 5.71. The van der Waals surface area contributed by atoms with E-state index < -0.39 is 6.10 Å². The fourth-order valence-corrected chi connectivity index (χ4v) is 9.00. The maximum absolute atomic E-state index is 12.9. The zero-order chi connectivity index (χ0) is 50.0. The van der Waals surface area contributed by atoms with Gasteiger partial charge in [-0.15, -0.1) is 0 Å². The van der Waals surface area contributed by atoms with Crippen molar-refractivity contribution in [2.45, 2.75) is 335 Å². The molecule has 0 aromatic carbocycles. The molecule has 0 saturated carbocycles. The third-order valence-corrected chi connectivity index (χ3v) is 13.6. The van der Waals surface area contributed by atoms with Gasteiger partial charge < -0.3 is 14.2 Å². The molecule has 0 saturated heterocycles. The lowest BCUT2D eigenvalue weighted by Gasteiger charge is -2.18. The number of allylic oxidation sites excluding steroid dienone is 6. The molecule has 0 amide bonds. The van der Waals surface area contributed by atoms with Crippen LogP contribution >= 0.6 is 0 Å². The molecule has 0 fully saturated rings. The summed E-state index contributed by atoms with van der Waals surface area (Å²) in [7, 11) is 0. The molecule has 0 rings (SSSR count). The van der Waals surface area contributed by atoms with Crippen LogP contribution in [0.15, 0.2) is 36.5 Å². The molecule has 1 atom stereocenters. The van der Waals surface area contributed by atoms with Gasteiger partial charge in [-0.05, 0) is 77.0 Å². The minimum absolute atomic E-state index is 0.0768. The number of esters is 3. The Labute approximate surface area is 429 Å². The average Bonchev–Trinajstić information content (AvgIpc) is 3.35. The van der Waals surface area contributed by atoms with Crippen molar-refractivity contribution in [2.75, 3.05) is 13.2 Å². The van der Waals surface area contributed by atoms with E-state index in [-0.39, 0.29) is 31.1 Å². The third kappa shape index (κ3) is 56.4. The Hall–Kier alpha value is -2.37. The minimum atomic E-state index is -0.780. The molecule has 404 valence electrons. The highest BCUT2D eigenvalue weighted by Crippen LogP contribution is 2.17. The van der Waals surface area contributed by atoms with Gasteiger partial charge in [-0.25, -0.2) is 0 Å². The van der Waals surface area contributed by atoms with Crippen LogP contribution in [0, 0.1) is 0 Å². The van der Waals surface area contributed by atoms with E-state index in [4.69, 9.17) is 14.2 Å². The van der Waals surface area contributed by atoms with Gasteiger partial charge in [0.25, 0.3) is 0 Å². The van der Waals surface area contributed by atoms with E-state index >= 15 is 0 Å². The number of hydrogen-bond acceptors (Lipinski definition) is 6. The fourth-order valence-electron chi connectivity index (χ4n) is 9.00. The largest absolute Gasteiger partial charge is 0.462 e. The van der Waals surface area contributed by atoms with Crippen LogP contribution in [0.3, 0.4) is 0 Å². The van der Waals surface area contributed by atoms with E-state index in [0.717, 1.165) is 89.9 Å². The normalized spacial score (nSPS) is 12.2. The SMILES string of the molecule is CCCCC/C=C\C/C=C\CCCCCCCC(=O)OC(COC(=O)CCCCCCC/C=C\CCCCCCC)COC(=O)CCCCCCCCCCCCCCCCCCCCCCCC. The molecular weight excluding hydrogens is 853 g/mol. The zero-order valence-corrected chi connectivity index (χ0v) is 46.3. The summed E-state index contributed by atoms with van der Waals surface area (Å²) in [5.41, 5.74) is 0. The fraction of sp³-hybridized carbons (Fsp3) is 0.857. The van der Waals surface area contributed by atoms with E-state index in [1.54, 1.807) is 0 Å². The van der Waals surface area contributed by atoms with Crippen molar-refractivity contribution in [2.24, 2.45) is 0 Å². The van der Waals surface area contributed by atoms with Crippen LogP contribution in [0.2, 0.25) is 0 Å². The van der Waals surface area contributed by atoms with Gasteiger partial charge in [-0.1, -0.05) is 269 Å². The smallest absolute Gasteiger partial charge is 0.306 e. The van der Waals surface area contributed by atoms with Crippen molar-refractivity contribution in [3.8, 4) is 0 Å². The molecule has 6 nitrogen and oxygen atoms in total. The summed E-state index contributed by atoms with van der Waals surface area (Å²) >= 11 is 0. The molecule has 6 heteroatoms. The molecule has 1 unspecified atom stereocenters. The van der Waals surface area contributed by atoms with Crippen LogP contribution in [0.25, 0.3) is 0 Å². The average molecular weight is 970 g/mol. The molecule has 0 bridgehead atoms. The van der Waals surface area contributed by atoms with E-state index in [1.807, 2.05) is 0 Å². The predicted molar refractivity (Wildman–Crippen MR) is 298 cm³/mol. The summed E-state index contributed by atoms with van der Waals surface area (Å²) in [5, 5.41) is 0. The van der Waals surface area contributed by atoms with Gasteiger partial charge in [0.1, 0.15) is 13.2 Å². The van der Waals surface area contributed by atoms with Gasteiger partial charge in [0.05, 0.1) is 0 Å². The van der Waals surface area contributed by atoms with Crippen molar-refractivity contribution in [3.63, 3.8) is 0 Å². The molecule has 0 N–H and O–H groups in total. The number of carbonyl (C=O) groups is 3. The number of hydrogen-bond donors (Lipinski definition) is 0. The summed E-state index contributed by atoms with van der Waals surface area (Å²) in [5.74, 6) is -0.880. The van der Waals surface area contributed by atoms with Crippen LogP contribution in [0.5, 0.6) is 0 Å². The van der Waals surface area contributed by atoms with Crippen molar-refractivity contribution < 1.29 is 28.6 Å². The number of unbranched alkanes of at least 4 members (excludes halogenated alkanes) is 39. The predicted octanol–water partition coefficient (Wildman–Crippen LogP) is 20.4. The Morgan fingerprint density at radius 1 is 0.290 bits per heavy atom. The first-order chi connectivity index (χ1) is 34.0. The maximum Gasteiger partial charge on any atom is 0.306 e. The molecular formula is C63H116O6. The second-order valence-corrected chi connectivity index (χ2v) is 20.6. The van der Waals surface area contributed by atoms with E-state index in [2.05, 4.69) is 57.2 Å². The summed E-state index contributed by atoms with van der Waals surface area (Å²) in [6.07, 6.45) is 70.0. The van der Waals surface area contributed by atoms with Crippen LogP contribution in [-0.2, 0) is 28.6 Å². The van der Waals surface area contributed by atoms with Crippen LogP contribution in [0.4, 0.5) is 0 Å². The molecule has 0 aromatic heterocycles. The minimum Gasteiger partial charge on any atom is -0.462 e. The molecule has 0 heterocycles. The maximum atomic E-state index is 12.9. The number of carbonyl (C=O) groups excluding carboxylic acids is 3. The van der Waals surface area contributed by atoms with Crippen molar-refractivity contribution in [3.05, 3.63) is 36.5 Å². The number of ether oxygens (including phenoxy) is 3. The first-order valence-electron chi connectivity index (χ1n) is 30.5. The van der Waals surface area contributed by atoms with Crippen LogP contribution in [-0.4, -0.2) is 37.2 Å². The van der Waals surface area contributed by atoms with Gasteiger partial charge in [0.15, 0.2) is 6.10 Å². The van der Waals surface area contributed by atoms with E-state index in [1.165, 1.54) is 199 Å². The first-order valence-corrected chi connectivity index (χ1v) is 30.5. The van der Waals surface area contributed by atoms with Gasteiger partial charge in [0.2, 0.25) is 0 Å². The van der Waals surface area contributed by atoms with Crippen molar-refractivity contribution in [1.82, 2.24) is 0 Å². The molecule has 0 aliphatic rings. The topological polar surface area (TPSA) is 78.9 Å². The third-order valence-electron chi connectivity index (χ3n) is 13.6. The first kappa shape index (κ1) is 66.6. The van der Waals surface area contributed by atoms with E-state index in [9.17, 15) is 14.4 Å². The van der Waals surface area contributed by atoms with Crippen molar-refractivity contribution >= 4 is 17.9 Å². The Bertz CT molecular complexity index is 1160. The van der Waals surface area contributed by atoms with Gasteiger partial charge in [-0.3, -0.25) is 14.4 Å². The van der Waals surface area contributed by atoms with Gasteiger partial charge >= 0.3 is 17.9 Å². The second-order valence-electron chi connectivity index (χ2n) is 20.6. The van der Waals surface area contributed by atoms with E-state index in [0.29, 0.717) is 19.3 Å². The molecule has 0 aliphatic carbocycles. The Morgan fingerprint density at radius 2 is 0.522 bits per heavy atom. The van der Waals surface area contributed by atoms with Gasteiger partial charge in [-0.2, -0.15) is 0 Å². The zero-order valence-electron chi connectivity index (χ0n) is 46.3. The lowest BCUT2D eigenvalue weighted by Crippen LogP contribution is -2.30. The summed E-state index contributed by atoms with van der Waals surface area (Å²) in [4.78, 5) is 38.2. The number of rotatable bonds is 56. The Kier molecular flexibility index (Phi) is 56.2. The standard InChI is InChI=1S/C63H116O6/c1-4-7-10-13-16-19-22-25-28-29-30-31-32-33-34-36-38-41-44-47-50-53-56-62(65)68-59-60(58-67-61(64)55-52-49-46-43-40-37-27-24-21-18-15-12-9-6-3)69-63(66)57-54-51-48-45-42-39-35-26-23-20-17-14-11-8-5-2/h17,20,24,26-27,35,60H,4-16,18-19,21-23,25,28-34,36-59H2,1-3H3/b20-17-,27-24-,35-26-. The van der Waals surface area contributed by atoms with Crippen molar-refractivity contribution in [1.29, 1.82) is 0 Å². The lowest BCUT2D eigenvalue weighted by atomic mass is 10.0. The highest BCUT2D eigenvalue weighted by atomic mass is 16.6. The summed E-state index contributed by atoms with van der Waals surface area (Å²) in [6, 6.07) is 0. The molecule has 0 radical (unpaired) electrons. The molecule has 0 aromatic rings. The Morgan fingerprint density at radius 3 is 0.841 bits per heavy atom.